The van der Waals surface area contributed by atoms with Gasteiger partial charge in [0.15, 0.2) is 0 Å². The zero-order valence-electron chi connectivity index (χ0n) is 13.6. The molecular formula is C18H22ClFN2O2. The molecule has 1 aliphatic heterocycles. The van der Waals surface area contributed by atoms with Crippen molar-refractivity contribution >= 4 is 23.4 Å². The number of amides is 2. The molecule has 1 saturated carbocycles. The normalized spacial score (nSPS) is 20.8. The lowest BCUT2D eigenvalue weighted by molar-refractivity contribution is -0.121. The topological polar surface area (TPSA) is 49.4 Å². The molecule has 1 unspecified atom stereocenters. The maximum atomic E-state index is 13.1. The summed E-state index contributed by atoms with van der Waals surface area (Å²) in [6, 6.07) is 4.25. The molecule has 1 N–H and O–H groups in total. The average molecular weight is 353 g/mol. The molecule has 130 valence electrons. The molecule has 1 atom stereocenters. The average Bonchev–Trinajstić information content (AvgIpc) is 3.36. The van der Waals surface area contributed by atoms with Crippen LogP contribution in [0.1, 0.15) is 48.9 Å². The molecule has 1 heterocycles. The summed E-state index contributed by atoms with van der Waals surface area (Å²) in [6.07, 6.45) is 5.43. The Bertz CT molecular complexity index is 633. The van der Waals surface area contributed by atoms with Gasteiger partial charge < -0.3 is 10.2 Å². The number of carbonyl (C=O) groups excluding carboxylic acids is 2. The Morgan fingerprint density at radius 1 is 1.29 bits per heavy atom. The molecular weight excluding hydrogens is 331 g/mol. The minimum Gasteiger partial charge on any atom is -0.353 e. The number of halogens is 2. The van der Waals surface area contributed by atoms with E-state index in [0.717, 1.165) is 32.1 Å². The summed E-state index contributed by atoms with van der Waals surface area (Å²) in [5.74, 6) is -0.170. The van der Waals surface area contributed by atoms with Gasteiger partial charge in [-0.25, -0.2) is 4.39 Å². The highest BCUT2D eigenvalue weighted by molar-refractivity contribution is 6.33. The summed E-state index contributed by atoms with van der Waals surface area (Å²) < 4.78 is 13.1. The van der Waals surface area contributed by atoms with Crippen LogP contribution in [0.5, 0.6) is 0 Å². The maximum absolute atomic E-state index is 13.1. The van der Waals surface area contributed by atoms with Gasteiger partial charge in [0.2, 0.25) is 5.91 Å². The summed E-state index contributed by atoms with van der Waals surface area (Å²) in [6.45, 7) is 1.31. The zero-order chi connectivity index (χ0) is 17.1. The molecule has 0 spiro atoms. The second kappa shape index (κ2) is 7.51. The first-order chi connectivity index (χ1) is 11.5. The zero-order valence-corrected chi connectivity index (χ0v) is 14.3. The van der Waals surface area contributed by atoms with E-state index in [1.807, 2.05) is 0 Å². The quantitative estimate of drug-likeness (QED) is 0.883. The van der Waals surface area contributed by atoms with Crippen LogP contribution in [0.2, 0.25) is 5.02 Å². The van der Waals surface area contributed by atoms with Gasteiger partial charge in [0, 0.05) is 25.6 Å². The van der Waals surface area contributed by atoms with Crippen molar-refractivity contribution in [3.63, 3.8) is 0 Å². The lowest BCUT2D eigenvalue weighted by atomic mass is 9.92. The third-order valence-corrected chi connectivity index (χ3v) is 5.00. The fourth-order valence-electron chi connectivity index (χ4n) is 3.18. The van der Waals surface area contributed by atoms with Crippen LogP contribution in [-0.2, 0) is 4.79 Å². The Hall–Kier alpha value is -1.62. The van der Waals surface area contributed by atoms with Crippen LogP contribution in [0.15, 0.2) is 18.2 Å². The van der Waals surface area contributed by atoms with Gasteiger partial charge in [-0.2, -0.15) is 0 Å². The van der Waals surface area contributed by atoms with E-state index in [2.05, 4.69) is 5.32 Å². The van der Waals surface area contributed by atoms with Gasteiger partial charge in [0.25, 0.3) is 5.91 Å². The first-order valence-corrected chi connectivity index (χ1v) is 8.94. The van der Waals surface area contributed by atoms with Gasteiger partial charge in [-0.15, -0.1) is 0 Å². The number of benzene rings is 1. The number of piperidine rings is 1. The first-order valence-electron chi connectivity index (χ1n) is 8.56. The minimum atomic E-state index is -0.449. The van der Waals surface area contributed by atoms with Crippen molar-refractivity contribution in [2.75, 3.05) is 13.1 Å². The summed E-state index contributed by atoms with van der Waals surface area (Å²) >= 11 is 6.00. The molecule has 1 saturated heterocycles. The van der Waals surface area contributed by atoms with Gasteiger partial charge in [0.05, 0.1) is 10.6 Å². The Morgan fingerprint density at radius 2 is 2.08 bits per heavy atom. The van der Waals surface area contributed by atoms with Crippen LogP contribution in [-0.4, -0.2) is 35.8 Å². The van der Waals surface area contributed by atoms with E-state index in [9.17, 15) is 14.0 Å². The highest BCUT2D eigenvalue weighted by atomic mass is 35.5. The summed E-state index contributed by atoms with van der Waals surface area (Å²) in [5, 5.41) is 3.14. The van der Waals surface area contributed by atoms with E-state index in [1.54, 1.807) is 4.90 Å². The number of likely N-dealkylation sites (tertiary alicyclic amines) is 1. The molecule has 2 amide bonds. The molecule has 24 heavy (non-hydrogen) atoms. The van der Waals surface area contributed by atoms with E-state index in [4.69, 9.17) is 11.6 Å². The molecule has 3 rings (SSSR count). The molecule has 0 bridgehead atoms. The minimum absolute atomic E-state index is 0.113. The van der Waals surface area contributed by atoms with Crippen LogP contribution in [0.3, 0.4) is 0 Å². The number of nitrogens with zero attached hydrogens (tertiary/aromatic N) is 1. The number of carbonyl (C=O) groups is 2. The molecule has 2 fully saturated rings. The van der Waals surface area contributed by atoms with Crippen molar-refractivity contribution in [2.45, 2.75) is 44.6 Å². The van der Waals surface area contributed by atoms with E-state index in [-0.39, 0.29) is 16.8 Å². The fraction of sp³-hybridized carbons (Fsp3) is 0.556. The highest BCUT2D eigenvalue weighted by Gasteiger charge is 2.27. The standard InChI is InChI=1S/C18H22ClFN2O2/c19-16-10-13(20)4-7-15(16)18(24)22-9-1-2-12(11-22)3-8-17(23)21-14-5-6-14/h4,7,10,12,14H,1-3,5-6,8-9,11H2,(H,21,23). The number of hydrogen-bond acceptors (Lipinski definition) is 2. The van der Waals surface area contributed by atoms with E-state index in [0.29, 0.717) is 37.0 Å². The summed E-state index contributed by atoms with van der Waals surface area (Å²) in [7, 11) is 0. The Morgan fingerprint density at radius 3 is 2.79 bits per heavy atom. The maximum Gasteiger partial charge on any atom is 0.255 e. The van der Waals surface area contributed by atoms with Gasteiger partial charge in [-0.05, 0) is 56.2 Å². The Balaban J connectivity index is 1.54. The third-order valence-electron chi connectivity index (χ3n) is 4.69. The molecule has 1 aromatic carbocycles. The molecule has 0 aromatic heterocycles. The van der Waals surface area contributed by atoms with Crippen molar-refractivity contribution < 1.29 is 14.0 Å². The van der Waals surface area contributed by atoms with E-state index in [1.165, 1.54) is 18.2 Å². The number of rotatable bonds is 5. The van der Waals surface area contributed by atoms with Crippen LogP contribution in [0.25, 0.3) is 0 Å². The van der Waals surface area contributed by atoms with Crippen molar-refractivity contribution in [1.82, 2.24) is 10.2 Å². The van der Waals surface area contributed by atoms with Crippen LogP contribution in [0, 0.1) is 11.7 Å². The predicted molar refractivity (Wildman–Crippen MR) is 90.4 cm³/mol. The predicted octanol–water partition coefficient (Wildman–Crippen LogP) is 3.39. The van der Waals surface area contributed by atoms with Crippen molar-refractivity contribution in [3.05, 3.63) is 34.6 Å². The van der Waals surface area contributed by atoms with Gasteiger partial charge in [-0.1, -0.05) is 11.6 Å². The Labute approximate surface area is 146 Å². The molecule has 2 aliphatic rings. The SMILES string of the molecule is O=C(CCC1CCCN(C(=O)c2ccc(F)cc2Cl)C1)NC1CC1. The van der Waals surface area contributed by atoms with Crippen molar-refractivity contribution in [1.29, 1.82) is 0 Å². The first kappa shape index (κ1) is 17.2. The molecule has 1 aromatic rings. The lowest BCUT2D eigenvalue weighted by Crippen LogP contribution is -2.40. The van der Waals surface area contributed by atoms with Crippen molar-refractivity contribution in [2.24, 2.45) is 5.92 Å². The van der Waals surface area contributed by atoms with E-state index >= 15 is 0 Å². The second-order valence-electron chi connectivity index (χ2n) is 6.76. The molecule has 4 nitrogen and oxygen atoms in total. The van der Waals surface area contributed by atoms with Gasteiger partial charge in [-0.3, -0.25) is 9.59 Å². The van der Waals surface area contributed by atoms with Crippen molar-refractivity contribution in [3.8, 4) is 0 Å². The molecule has 1 aliphatic carbocycles. The van der Waals surface area contributed by atoms with Crippen LogP contribution >= 0.6 is 11.6 Å². The summed E-state index contributed by atoms with van der Waals surface area (Å²) in [4.78, 5) is 26.2. The van der Waals surface area contributed by atoms with Crippen LogP contribution < -0.4 is 5.32 Å². The second-order valence-corrected chi connectivity index (χ2v) is 7.17. The monoisotopic (exact) mass is 352 g/mol. The van der Waals surface area contributed by atoms with Crippen LogP contribution in [0.4, 0.5) is 4.39 Å². The van der Waals surface area contributed by atoms with E-state index < -0.39 is 5.82 Å². The Kier molecular flexibility index (Phi) is 5.39. The number of nitrogens with one attached hydrogen (secondary N) is 1. The summed E-state index contributed by atoms with van der Waals surface area (Å²) in [5.41, 5.74) is 0.338. The third kappa shape index (κ3) is 4.47. The number of hydrogen-bond donors (Lipinski definition) is 1. The highest BCUT2D eigenvalue weighted by Crippen LogP contribution is 2.25. The van der Waals surface area contributed by atoms with Gasteiger partial charge >= 0.3 is 0 Å². The largest absolute Gasteiger partial charge is 0.353 e. The fourth-order valence-corrected chi connectivity index (χ4v) is 3.43. The molecule has 0 radical (unpaired) electrons. The van der Waals surface area contributed by atoms with Gasteiger partial charge in [0.1, 0.15) is 5.82 Å². The molecule has 6 heteroatoms. The lowest BCUT2D eigenvalue weighted by Gasteiger charge is -2.33. The smallest absolute Gasteiger partial charge is 0.255 e.